The van der Waals surface area contributed by atoms with Crippen LogP contribution < -0.4 is 10.1 Å². The van der Waals surface area contributed by atoms with Crippen molar-refractivity contribution in [3.8, 4) is 11.4 Å². The molecule has 0 spiro atoms. The Morgan fingerprint density at radius 3 is 2.45 bits per heavy atom. The molecule has 0 atom stereocenters. The first-order valence-corrected chi connectivity index (χ1v) is 9.19. The smallest absolute Gasteiger partial charge is 0.344 e. The number of anilines is 1. The number of amides is 1. The highest BCUT2D eigenvalue weighted by Crippen LogP contribution is 2.17. The van der Waals surface area contributed by atoms with E-state index in [9.17, 15) is 9.59 Å². The third-order valence-electron chi connectivity index (χ3n) is 4.09. The van der Waals surface area contributed by atoms with E-state index in [1.54, 1.807) is 16.8 Å². The highest BCUT2D eigenvalue weighted by atomic mass is 16.6. The lowest BCUT2D eigenvalue weighted by Gasteiger charge is -2.10. The van der Waals surface area contributed by atoms with E-state index in [1.807, 2.05) is 63.2 Å². The van der Waals surface area contributed by atoms with Crippen LogP contribution in [0.5, 0.6) is 5.75 Å². The zero-order valence-corrected chi connectivity index (χ0v) is 16.6. The number of nitrogens with one attached hydrogen (secondary N) is 1. The zero-order valence-electron chi connectivity index (χ0n) is 16.6. The van der Waals surface area contributed by atoms with E-state index in [2.05, 4.69) is 10.4 Å². The molecule has 7 nitrogen and oxygen atoms in total. The van der Waals surface area contributed by atoms with Gasteiger partial charge >= 0.3 is 5.97 Å². The van der Waals surface area contributed by atoms with E-state index in [0.29, 0.717) is 11.6 Å². The first kappa shape index (κ1) is 20.1. The van der Waals surface area contributed by atoms with Crippen LogP contribution in [-0.2, 0) is 14.3 Å². The van der Waals surface area contributed by atoms with E-state index in [4.69, 9.17) is 9.47 Å². The molecule has 0 saturated heterocycles. The van der Waals surface area contributed by atoms with Crippen LogP contribution in [0.2, 0.25) is 0 Å². The number of esters is 1. The molecule has 0 aliphatic carbocycles. The van der Waals surface area contributed by atoms with Crippen molar-refractivity contribution in [3.63, 3.8) is 0 Å². The number of aromatic nitrogens is 2. The summed E-state index contributed by atoms with van der Waals surface area (Å²) < 4.78 is 12.0. The van der Waals surface area contributed by atoms with Gasteiger partial charge in [0.15, 0.2) is 13.2 Å². The average Bonchev–Trinajstić information content (AvgIpc) is 3.05. The van der Waals surface area contributed by atoms with Crippen molar-refractivity contribution in [1.29, 1.82) is 0 Å². The molecule has 3 rings (SSSR count). The Hall–Kier alpha value is -3.61. The van der Waals surface area contributed by atoms with Crippen molar-refractivity contribution in [3.05, 3.63) is 71.4 Å². The van der Waals surface area contributed by atoms with Gasteiger partial charge in [-0.25, -0.2) is 9.48 Å². The molecule has 2 aromatic carbocycles. The average molecular weight is 393 g/mol. The number of benzene rings is 2. The van der Waals surface area contributed by atoms with Gasteiger partial charge in [0.25, 0.3) is 5.91 Å². The predicted molar refractivity (Wildman–Crippen MR) is 109 cm³/mol. The molecule has 0 fully saturated rings. The van der Waals surface area contributed by atoms with Gasteiger partial charge in [-0.2, -0.15) is 5.10 Å². The second-order valence-electron chi connectivity index (χ2n) is 6.73. The molecule has 7 heteroatoms. The first-order chi connectivity index (χ1) is 13.9. The van der Waals surface area contributed by atoms with Crippen molar-refractivity contribution < 1.29 is 19.1 Å². The van der Waals surface area contributed by atoms with E-state index >= 15 is 0 Å². The fourth-order valence-corrected chi connectivity index (χ4v) is 2.69. The minimum atomic E-state index is -0.620. The number of hydrogen-bond acceptors (Lipinski definition) is 5. The topological polar surface area (TPSA) is 82.5 Å². The van der Waals surface area contributed by atoms with Gasteiger partial charge in [-0.3, -0.25) is 4.79 Å². The number of hydrogen-bond donors (Lipinski definition) is 1. The van der Waals surface area contributed by atoms with Crippen LogP contribution in [0.15, 0.2) is 54.6 Å². The summed E-state index contributed by atoms with van der Waals surface area (Å²) in [7, 11) is 0. The van der Waals surface area contributed by atoms with E-state index in [1.165, 1.54) is 0 Å². The number of rotatable bonds is 7. The van der Waals surface area contributed by atoms with Crippen molar-refractivity contribution in [2.45, 2.75) is 20.8 Å². The molecule has 150 valence electrons. The monoisotopic (exact) mass is 393 g/mol. The standard InChI is InChI=1S/C22H23N3O4/c1-15-7-9-18(10-8-15)25-20(12-17(3)24-25)23-21(26)13-29-22(27)14-28-19-6-4-5-16(2)11-19/h4-12H,13-14H2,1-3H3,(H,23,26). The van der Waals surface area contributed by atoms with Crippen LogP contribution in [0.3, 0.4) is 0 Å². The van der Waals surface area contributed by atoms with Gasteiger partial charge in [0.1, 0.15) is 11.6 Å². The minimum Gasteiger partial charge on any atom is -0.482 e. The van der Waals surface area contributed by atoms with Gasteiger partial charge in [0.2, 0.25) is 0 Å². The molecule has 0 bridgehead atoms. The molecule has 0 radical (unpaired) electrons. The van der Waals surface area contributed by atoms with Crippen LogP contribution >= 0.6 is 0 Å². The molecule has 3 aromatic rings. The van der Waals surface area contributed by atoms with Crippen molar-refractivity contribution in [1.82, 2.24) is 9.78 Å². The van der Waals surface area contributed by atoms with Crippen LogP contribution in [-0.4, -0.2) is 34.9 Å². The zero-order chi connectivity index (χ0) is 20.8. The molecular formula is C22H23N3O4. The Kier molecular flexibility index (Phi) is 6.29. The van der Waals surface area contributed by atoms with Gasteiger partial charge in [0, 0.05) is 6.07 Å². The number of carbonyl (C=O) groups is 2. The third-order valence-corrected chi connectivity index (χ3v) is 4.09. The molecule has 1 N–H and O–H groups in total. The summed E-state index contributed by atoms with van der Waals surface area (Å²) in [4.78, 5) is 24.1. The fraction of sp³-hybridized carbons (Fsp3) is 0.227. The summed E-state index contributed by atoms with van der Waals surface area (Å²) >= 11 is 0. The maximum atomic E-state index is 12.2. The molecule has 0 unspecified atom stereocenters. The lowest BCUT2D eigenvalue weighted by Crippen LogP contribution is -2.24. The SMILES string of the molecule is Cc1ccc(-n2nc(C)cc2NC(=O)COC(=O)COc2cccc(C)c2)cc1. The fourth-order valence-electron chi connectivity index (χ4n) is 2.69. The summed E-state index contributed by atoms with van der Waals surface area (Å²) in [5.41, 5.74) is 3.73. The number of ether oxygens (including phenoxy) is 2. The van der Waals surface area contributed by atoms with Gasteiger partial charge in [-0.05, 0) is 50.6 Å². The second kappa shape index (κ2) is 9.05. The Labute approximate surface area is 169 Å². The Bertz CT molecular complexity index is 1010. The molecular weight excluding hydrogens is 370 g/mol. The highest BCUT2D eigenvalue weighted by Gasteiger charge is 2.13. The van der Waals surface area contributed by atoms with E-state index in [-0.39, 0.29) is 6.61 Å². The van der Waals surface area contributed by atoms with Crippen molar-refractivity contribution in [2.75, 3.05) is 18.5 Å². The van der Waals surface area contributed by atoms with Crippen LogP contribution in [0.25, 0.3) is 5.69 Å². The number of nitrogens with zero attached hydrogens (tertiary/aromatic N) is 2. The predicted octanol–water partition coefficient (Wildman–Crippen LogP) is 3.36. The van der Waals surface area contributed by atoms with Gasteiger partial charge in [-0.1, -0.05) is 29.8 Å². The van der Waals surface area contributed by atoms with Crippen molar-refractivity contribution >= 4 is 17.7 Å². The lowest BCUT2D eigenvalue weighted by molar-refractivity contribution is -0.149. The largest absolute Gasteiger partial charge is 0.482 e. The molecule has 1 amide bonds. The normalized spacial score (nSPS) is 10.4. The number of aryl methyl sites for hydroxylation is 3. The van der Waals surface area contributed by atoms with E-state index < -0.39 is 18.5 Å². The maximum absolute atomic E-state index is 12.2. The molecule has 29 heavy (non-hydrogen) atoms. The molecule has 0 aliphatic rings. The summed E-state index contributed by atoms with van der Waals surface area (Å²) in [5.74, 6) is -0.000615. The van der Waals surface area contributed by atoms with Gasteiger partial charge in [-0.15, -0.1) is 0 Å². The highest BCUT2D eigenvalue weighted by molar-refractivity contribution is 5.92. The molecule has 1 aromatic heterocycles. The van der Waals surface area contributed by atoms with Crippen molar-refractivity contribution in [2.24, 2.45) is 0 Å². The summed E-state index contributed by atoms with van der Waals surface area (Å²) in [6, 6.07) is 16.8. The number of carbonyl (C=O) groups excluding carboxylic acids is 2. The Balaban J connectivity index is 1.53. The molecule has 0 aliphatic heterocycles. The maximum Gasteiger partial charge on any atom is 0.344 e. The lowest BCUT2D eigenvalue weighted by atomic mass is 10.2. The Morgan fingerprint density at radius 2 is 1.72 bits per heavy atom. The summed E-state index contributed by atoms with van der Waals surface area (Å²) in [5, 5.41) is 7.13. The first-order valence-electron chi connectivity index (χ1n) is 9.19. The van der Waals surface area contributed by atoms with Crippen LogP contribution in [0, 0.1) is 20.8 Å². The third kappa shape index (κ3) is 5.68. The summed E-state index contributed by atoms with van der Waals surface area (Å²) in [6.45, 7) is 5.09. The van der Waals surface area contributed by atoms with Crippen LogP contribution in [0.1, 0.15) is 16.8 Å². The minimum absolute atomic E-state index is 0.267. The summed E-state index contributed by atoms with van der Waals surface area (Å²) in [6.07, 6.45) is 0. The quantitative estimate of drug-likeness (QED) is 0.623. The van der Waals surface area contributed by atoms with Gasteiger partial charge in [0.05, 0.1) is 11.4 Å². The second-order valence-corrected chi connectivity index (χ2v) is 6.73. The van der Waals surface area contributed by atoms with E-state index in [0.717, 1.165) is 22.5 Å². The van der Waals surface area contributed by atoms with Gasteiger partial charge < -0.3 is 14.8 Å². The van der Waals surface area contributed by atoms with Crippen LogP contribution in [0.4, 0.5) is 5.82 Å². The molecule has 0 saturated carbocycles. The molecule has 1 heterocycles. The Morgan fingerprint density at radius 1 is 0.966 bits per heavy atom.